The number of hydrogen-bond donors (Lipinski definition) is 4. The molecule has 2 heterocycles. The average molecular weight is 343 g/mol. The van der Waals surface area contributed by atoms with Crippen LogP contribution in [-0.2, 0) is 11.3 Å². The molecule has 25 heavy (non-hydrogen) atoms. The summed E-state index contributed by atoms with van der Waals surface area (Å²) in [5, 5.41) is 7.30. The van der Waals surface area contributed by atoms with E-state index < -0.39 is 6.04 Å². The second-order valence-corrected chi connectivity index (χ2v) is 6.30. The third-order valence-corrected chi connectivity index (χ3v) is 4.43. The fourth-order valence-corrected chi connectivity index (χ4v) is 3.20. The second kappa shape index (κ2) is 7.73. The summed E-state index contributed by atoms with van der Waals surface area (Å²) in [6.45, 7) is 5.10. The Hall–Kier alpha value is -2.29. The van der Waals surface area contributed by atoms with E-state index in [0.717, 1.165) is 30.2 Å². The zero-order chi connectivity index (χ0) is 17.8. The molecule has 0 bridgehead atoms. The Morgan fingerprint density at radius 1 is 1.28 bits per heavy atom. The maximum atomic E-state index is 12.6. The molecule has 5 N–H and O–H groups in total. The van der Waals surface area contributed by atoms with E-state index in [0.29, 0.717) is 6.54 Å². The third-order valence-electron chi connectivity index (χ3n) is 4.43. The zero-order valence-corrected chi connectivity index (χ0v) is 14.6. The molecule has 1 aromatic carbocycles. The molecule has 1 aliphatic heterocycles. The van der Waals surface area contributed by atoms with Gasteiger partial charge in [0.2, 0.25) is 5.91 Å². The van der Waals surface area contributed by atoms with Gasteiger partial charge in [-0.2, -0.15) is 5.10 Å². The predicted molar refractivity (Wildman–Crippen MR) is 94.3 cm³/mol. The first-order valence-electron chi connectivity index (χ1n) is 8.53. The monoisotopic (exact) mass is 343 g/mol. The van der Waals surface area contributed by atoms with Crippen LogP contribution < -0.4 is 21.9 Å². The number of hydrogen-bond acceptors (Lipinski definition) is 6. The van der Waals surface area contributed by atoms with Crippen molar-refractivity contribution in [2.24, 2.45) is 5.73 Å². The van der Waals surface area contributed by atoms with E-state index in [9.17, 15) is 4.79 Å². The van der Waals surface area contributed by atoms with Crippen molar-refractivity contribution >= 4 is 5.91 Å². The lowest BCUT2D eigenvalue weighted by atomic mass is 9.90. The molecule has 1 aliphatic rings. The van der Waals surface area contributed by atoms with Gasteiger partial charge in [-0.15, -0.1) is 0 Å². The topological polar surface area (TPSA) is 110 Å². The Morgan fingerprint density at radius 2 is 2.04 bits per heavy atom. The summed E-state index contributed by atoms with van der Waals surface area (Å²) < 4.78 is 1.86. The number of benzene rings is 1. The highest BCUT2D eigenvalue weighted by Gasteiger charge is 2.39. The Kier molecular flexibility index (Phi) is 5.42. The van der Waals surface area contributed by atoms with Gasteiger partial charge in [0.25, 0.3) is 0 Å². The summed E-state index contributed by atoms with van der Waals surface area (Å²) >= 11 is 0. The summed E-state index contributed by atoms with van der Waals surface area (Å²) in [6.07, 6.45) is 0.483. The molecule has 3 rings (SSSR count). The van der Waals surface area contributed by atoms with E-state index >= 15 is 0 Å². The number of rotatable bonds is 6. The van der Waals surface area contributed by atoms with Gasteiger partial charge in [-0.25, -0.2) is 15.8 Å². The maximum absolute atomic E-state index is 12.6. The summed E-state index contributed by atoms with van der Waals surface area (Å²) in [7, 11) is 0. The van der Waals surface area contributed by atoms with Gasteiger partial charge in [-0.3, -0.25) is 9.48 Å². The first-order valence-corrected chi connectivity index (χ1v) is 8.53. The van der Waals surface area contributed by atoms with Crippen molar-refractivity contribution < 1.29 is 4.79 Å². The summed E-state index contributed by atoms with van der Waals surface area (Å²) in [4.78, 5) is 16.8. The predicted octanol–water partition coefficient (Wildman–Crippen LogP) is -0.0538. The fourth-order valence-electron chi connectivity index (χ4n) is 3.20. The number of nitrogens with zero attached hydrogens (tertiary/aromatic N) is 3. The molecule has 3 unspecified atom stereocenters. The van der Waals surface area contributed by atoms with Crippen LogP contribution in [0.15, 0.2) is 30.3 Å². The third kappa shape index (κ3) is 4.04. The van der Waals surface area contributed by atoms with Crippen LogP contribution in [0.3, 0.4) is 0 Å². The molecule has 8 heteroatoms. The minimum absolute atomic E-state index is 0.0548. The molecule has 0 saturated carbocycles. The minimum Gasteiger partial charge on any atom is -0.355 e. The van der Waals surface area contributed by atoms with Crippen molar-refractivity contribution in [2.45, 2.75) is 44.9 Å². The van der Waals surface area contributed by atoms with E-state index in [4.69, 9.17) is 5.73 Å². The Bertz CT molecular complexity index is 715. The van der Waals surface area contributed by atoms with Crippen LogP contribution in [0.1, 0.15) is 29.6 Å². The number of nitrogens with one attached hydrogen (secondary N) is 3. The van der Waals surface area contributed by atoms with Gasteiger partial charge in [0.1, 0.15) is 17.7 Å². The van der Waals surface area contributed by atoms with Crippen LogP contribution in [0.25, 0.3) is 0 Å². The fraction of sp³-hybridized carbons (Fsp3) is 0.471. The average Bonchev–Trinajstić information content (AvgIpc) is 3.14. The SMILES string of the molecule is Cc1nc(C)n(CCCNC(=O)C2NNC(N)C2c2ccccc2)n1. The lowest BCUT2D eigenvalue weighted by Gasteiger charge is -2.20. The number of amides is 1. The number of aryl methyl sites for hydroxylation is 3. The van der Waals surface area contributed by atoms with Crippen LogP contribution in [0.5, 0.6) is 0 Å². The molecule has 2 aromatic rings. The number of carbonyl (C=O) groups is 1. The first-order chi connectivity index (χ1) is 12.1. The number of carbonyl (C=O) groups excluding carboxylic acids is 1. The molecular weight excluding hydrogens is 318 g/mol. The zero-order valence-electron chi connectivity index (χ0n) is 14.6. The van der Waals surface area contributed by atoms with Crippen molar-refractivity contribution in [3.63, 3.8) is 0 Å². The Labute approximate surface area is 147 Å². The van der Waals surface area contributed by atoms with Gasteiger partial charge < -0.3 is 11.1 Å². The van der Waals surface area contributed by atoms with Crippen LogP contribution in [0, 0.1) is 13.8 Å². The highest BCUT2D eigenvalue weighted by atomic mass is 16.2. The van der Waals surface area contributed by atoms with Crippen LogP contribution in [0.4, 0.5) is 0 Å². The summed E-state index contributed by atoms with van der Waals surface area (Å²) in [6, 6.07) is 9.46. The standard InChI is InChI=1S/C17H25N7O/c1-11-20-12(2)24(23-11)10-6-9-19-17(25)15-14(16(18)22-21-15)13-7-4-3-5-8-13/h3-5,7-8,14-16,21-22H,6,9-10,18H2,1-2H3,(H,19,25). The summed E-state index contributed by atoms with van der Waals surface area (Å²) in [5.41, 5.74) is 13.1. The highest BCUT2D eigenvalue weighted by Crippen LogP contribution is 2.24. The molecule has 1 aromatic heterocycles. The van der Waals surface area contributed by atoms with Crippen molar-refractivity contribution in [3.8, 4) is 0 Å². The lowest BCUT2D eigenvalue weighted by molar-refractivity contribution is -0.123. The van der Waals surface area contributed by atoms with Gasteiger partial charge in [-0.1, -0.05) is 30.3 Å². The van der Waals surface area contributed by atoms with E-state index in [1.807, 2.05) is 48.9 Å². The normalized spacial score (nSPS) is 22.9. The highest BCUT2D eigenvalue weighted by molar-refractivity contribution is 5.83. The smallest absolute Gasteiger partial charge is 0.239 e. The Morgan fingerprint density at radius 3 is 2.72 bits per heavy atom. The first kappa shape index (κ1) is 17.5. The molecule has 8 nitrogen and oxygen atoms in total. The summed E-state index contributed by atoms with van der Waals surface area (Å²) in [5.74, 6) is 1.49. The van der Waals surface area contributed by atoms with Gasteiger partial charge in [0, 0.05) is 19.0 Å². The van der Waals surface area contributed by atoms with E-state index in [2.05, 4.69) is 26.3 Å². The van der Waals surface area contributed by atoms with E-state index in [1.165, 1.54) is 0 Å². The van der Waals surface area contributed by atoms with Crippen molar-refractivity contribution in [1.82, 2.24) is 30.9 Å². The molecule has 0 spiro atoms. The van der Waals surface area contributed by atoms with Crippen molar-refractivity contribution in [2.75, 3.05) is 6.54 Å². The van der Waals surface area contributed by atoms with Gasteiger partial charge in [-0.05, 0) is 25.8 Å². The van der Waals surface area contributed by atoms with Gasteiger partial charge in [0.15, 0.2) is 0 Å². The van der Waals surface area contributed by atoms with E-state index in [1.54, 1.807) is 0 Å². The number of hydrazine groups is 1. The number of nitrogens with two attached hydrogens (primary N) is 1. The molecule has 1 fully saturated rings. The van der Waals surface area contributed by atoms with Crippen molar-refractivity contribution in [1.29, 1.82) is 0 Å². The second-order valence-electron chi connectivity index (χ2n) is 6.30. The van der Waals surface area contributed by atoms with Crippen molar-refractivity contribution in [3.05, 3.63) is 47.5 Å². The molecule has 0 aliphatic carbocycles. The molecule has 134 valence electrons. The largest absolute Gasteiger partial charge is 0.355 e. The molecule has 0 radical (unpaired) electrons. The van der Waals surface area contributed by atoms with Crippen LogP contribution in [-0.4, -0.2) is 39.4 Å². The van der Waals surface area contributed by atoms with Crippen LogP contribution >= 0.6 is 0 Å². The molecular formula is C17H25N7O. The maximum Gasteiger partial charge on any atom is 0.239 e. The van der Waals surface area contributed by atoms with E-state index in [-0.39, 0.29) is 18.0 Å². The quantitative estimate of drug-likeness (QED) is 0.547. The molecule has 3 atom stereocenters. The van der Waals surface area contributed by atoms with Gasteiger partial charge >= 0.3 is 0 Å². The molecule has 1 saturated heterocycles. The Balaban J connectivity index is 1.53. The lowest BCUT2D eigenvalue weighted by Crippen LogP contribution is -2.45. The van der Waals surface area contributed by atoms with Gasteiger partial charge in [0.05, 0.1) is 6.17 Å². The minimum atomic E-state index is -0.396. The van der Waals surface area contributed by atoms with Crippen LogP contribution in [0.2, 0.25) is 0 Å². The number of aromatic nitrogens is 3. The molecule has 1 amide bonds.